The van der Waals surface area contributed by atoms with Crippen LogP contribution in [-0.2, 0) is 13.5 Å². The molecule has 0 N–H and O–H groups in total. The van der Waals surface area contributed by atoms with Gasteiger partial charge in [0.2, 0.25) is 0 Å². The van der Waals surface area contributed by atoms with E-state index in [-0.39, 0.29) is 0 Å². The van der Waals surface area contributed by atoms with E-state index in [4.69, 9.17) is 0 Å². The number of aryl methyl sites for hydroxylation is 1. The van der Waals surface area contributed by atoms with E-state index in [0.717, 1.165) is 6.42 Å². The van der Waals surface area contributed by atoms with Crippen molar-refractivity contribution in [2.45, 2.75) is 25.2 Å². The molecule has 3 rings (SSSR count). The highest BCUT2D eigenvalue weighted by atomic mass is 15.3. The van der Waals surface area contributed by atoms with Crippen molar-refractivity contribution >= 4 is 0 Å². The Balaban J connectivity index is 1.57. The standard InChI is InChI=1S/C17H23N3/c1-19-17(9-11-18-19)16-8-5-12-20(14-16)13-10-15-6-3-2-4-7-15/h2-4,6-7,9,11,16H,5,8,10,12-14H2,1H3. The second-order valence-electron chi connectivity index (χ2n) is 5.76. The molecular formula is C17H23N3. The molecule has 1 aromatic carbocycles. The molecule has 0 amide bonds. The minimum Gasteiger partial charge on any atom is -0.302 e. The van der Waals surface area contributed by atoms with Gasteiger partial charge in [0, 0.05) is 37.9 Å². The van der Waals surface area contributed by atoms with Crippen LogP contribution in [0.25, 0.3) is 0 Å². The summed E-state index contributed by atoms with van der Waals surface area (Å²) in [5, 5.41) is 4.31. The predicted octanol–water partition coefficient (Wildman–Crippen LogP) is 2.84. The number of piperidine rings is 1. The summed E-state index contributed by atoms with van der Waals surface area (Å²) in [5.41, 5.74) is 2.82. The number of hydrogen-bond acceptors (Lipinski definition) is 2. The van der Waals surface area contributed by atoms with Gasteiger partial charge < -0.3 is 4.90 Å². The quantitative estimate of drug-likeness (QED) is 0.851. The Morgan fingerprint density at radius 2 is 2.05 bits per heavy atom. The first kappa shape index (κ1) is 13.4. The summed E-state index contributed by atoms with van der Waals surface area (Å²) in [4.78, 5) is 2.61. The molecule has 0 aliphatic carbocycles. The van der Waals surface area contributed by atoms with E-state index in [1.54, 1.807) is 0 Å². The van der Waals surface area contributed by atoms with Crippen LogP contribution in [0.4, 0.5) is 0 Å². The summed E-state index contributed by atoms with van der Waals surface area (Å²) in [6.07, 6.45) is 5.66. The molecule has 1 atom stereocenters. The van der Waals surface area contributed by atoms with Crippen LogP contribution >= 0.6 is 0 Å². The molecule has 1 unspecified atom stereocenters. The normalized spacial score (nSPS) is 20.1. The van der Waals surface area contributed by atoms with Gasteiger partial charge in [0.05, 0.1) is 0 Å². The van der Waals surface area contributed by atoms with Crippen LogP contribution in [0.2, 0.25) is 0 Å². The smallest absolute Gasteiger partial charge is 0.0492 e. The minimum absolute atomic E-state index is 0.645. The molecular weight excluding hydrogens is 246 g/mol. The number of aromatic nitrogens is 2. The number of hydrogen-bond donors (Lipinski definition) is 0. The van der Waals surface area contributed by atoms with Gasteiger partial charge in [0.1, 0.15) is 0 Å². The van der Waals surface area contributed by atoms with Gasteiger partial charge >= 0.3 is 0 Å². The second-order valence-corrected chi connectivity index (χ2v) is 5.76. The third-order valence-corrected chi connectivity index (χ3v) is 4.34. The van der Waals surface area contributed by atoms with Gasteiger partial charge in [0.15, 0.2) is 0 Å². The molecule has 1 aliphatic rings. The molecule has 1 saturated heterocycles. The summed E-state index contributed by atoms with van der Waals surface area (Å²) in [6.45, 7) is 3.58. The lowest BCUT2D eigenvalue weighted by Gasteiger charge is -2.32. The van der Waals surface area contributed by atoms with Crippen molar-refractivity contribution in [1.82, 2.24) is 14.7 Å². The Kier molecular flexibility index (Phi) is 4.16. The molecule has 0 saturated carbocycles. The monoisotopic (exact) mass is 269 g/mol. The molecule has 0 bridgehead atoms. The van der Waals surface area contributed by atoms with Crippen LogP contribution in [0.1, 0.15) is 30.0 Å². The van der Waals surface area contributed by atoms with E-state index in [9.17, 15) is 0 Å². The molecule has 1 aromatic heterocycles. The van der Waals surface area contributed by atoms with Crippen molar-refractivity contribution in [3.05, 3.63) is 53.9 Å². The molecule has 1 fully saturated rings. The zero-order valence-electron chi connectivity index (χ0n) is 12.2. The van der Waals surface area contributed by atoms with Crippen molar-refractivity contribution in [2.24, 2.45) is 7.05 Å². The highest BCUT2D eigenvalue weighted by molar-refractivity contribution is 5.15. The highest BCUT2D eigenvalue weighted by Crippen LogP contribution is 2.26. The summed E-state index contributed by atoms with van der Waals surface area (Å²) in [7, 11) is 2.05. The van der Waals surface area contributed by atoms with Crippen molar-refractivity contribution in [1.29, 1.82) is 0 Å². The number of nitrogens with zero attached hydrogens (tertiary/aromatic N) is 3. The maximum atomic E-state index is 4.31. The average Bonchev–Trinajstić information content (AvgIpc) is 2.93. The zero-order chi connectivity index (χ0) is 13.8. The van der Waals surface area contributed by atoms with Crippen LogP contribution in [0.15, 0.2) is 42.6 Å². The number of likely N-dealkylation sites (tertiary alicyclic amines) is 1. The predicted molar refractivity (Wildman–Crippen MR) is 81.8 cm³/mol. The summed E-state index contributed by atoms with van der Waals surface area (Å²) in [6, 6.07) is 13.0. The fourth-order valence-electron chi connectivity index (χ4n) is 3.22. The molecule has 2 heterocycles. The van der Waals surface area contributed by atoms with Crippen LogP contribution in [-0.4, -0.2) is 34.3 Å². The van der Waals surface area contributed by atoms with Crippen LogP contribution in [0.3, 0.4) is 0 Å². The maximum absolute atomic E-state index is 4.31. The number of benzene rings is 1. The van der Waals surface area contributed by atoms with Gasteiger partial charge in [-0.2, -0.15) is 5.10 Å². The molecule has 2 aromatic rings. The largest absolute Gasteiger partial charge is 0.302 e. The van der Waals surface area contributed by atoms with Crippen LogP contribution in [0.5, 0.6) is 0 Å². The first-order valence-corrected chi connectivity index (χ1v) is 7.57. The Labute approximate surface area is 121 Å². The topological polar surface area (TPSA) is 21.1 Å². The van der Waals surface area contributed by atoms with Gasteiger partial charge in [0.25, 0.3) is 0 Å². The molecule has 3 nitrogen and oxygen atoms in total. The van der Waals surface area contributed by atoms with Crippen LogP contribution in [0, 0.1) is 0 Å². The fourth-order valence-corrected chi connectivity index (χ4v) is 3.22. The summed E-state index contributed by atoms with van der Waals surface area (Å²) in [5.74, 6) is 0.645. The minimum atomic E-state index is 0.645. The first-order valence-electron chi connectivity index (χ1n) is 7.57. The second kappa shape index (κ2) is 6.23. The van der Waals surface area contributed by atoms with Crippen molar-refractivity contribution < 1.29 is 0 Å². The Bertz CT molecular complexity index is 532. The van der Waals surface area contributed by atoms with Gasteiger partial charge in [-0.15, -0.1) is 0 Å². The maximum Gasteiger partial charge on any atom is 0.0492 e. The lowest BCUT2D eigenvalue weighted by atomic mass is 9.94. The van der Waals surface area contributed by atoms with E-state index in [1.165, 1.54) is 43.7 Å². The fraction of sp³-hybridized carbons (Fsp3) is 0.471. The van der Waals surface area contributed by atoms with E-state index in [1.807, 2.05) is 10.9 Å². The summed E-state index contributed by atoms with van der Waals surface area (Å²) >= 11 is 0. The zero-order valence-corrected chi connectivity index (χ0v) is 12.2. The average molecular weight is 269 g/mol. The summed E-state index contributed by atoms with van der Waals surface area (Å²) < 4.78 is 2.03. The highest BCUT2D eigenvalue weighted by Gasteiger charge is 2.22. The van der Waals surface area contributed by atoms with Crippen molar-refractivity contribution in [3.8, 4) is 0 Å². The van der Waals surface area contributed by atoms with Crippen molar-refractivity contribution in [2.75, 3.05) is 19.6 Å². The van der Waals surface area contributed by atoms with Crippen LogP contribution < -0.4 is 0 Å². The Morgan fingerprint density at radius 3 is 2.80 bits per heavy atom. The molecule has 1 aliphatic heterocycles. The lowest BCUT2D eigenvalue weighted by molar-refractivity contribution is 0.206. The van der Waals surface area contributed by atoms with E-state index in [2.05, 4.69) is 53.4 Å². The first-order chi connectivity index (χ1) is 9.83. The molecule has 20 heavy (non-hydrogen) atoms. The van der Waals surface area contributed by atoms with E-state index >= 15 is 0 Å². The van der Waals surface area contributed by atoms with E-state index < -0.39 is 0 Å². The molecule has 0 radical (unpaired) electrons. The molecule has 3 heteroatoms. The lowest BCUT2D eigenvalue weighted by Crippen LogP contribution is -2.36. The number of rotatable bonds is 4. The third-order valence-electron chi connectivity index (χ3n) is 4.34. The Hall–Kier alpha value is -1.61. The Morgan fingerprint density at radius 1 is 1.20 bits per heavy atom. The van der Waals surface area contributed by atoms with Gasteiger partial charge in [-0.1, -0.05) is 30.3 Å². The SMILES string of the molecule is Cn1nccc1C1CCCN(CCc2ccccc2)C1. The van der Waals surface area contributed by atoms with E-state index in [0.29, 0.717) is 5.92 Å². The third kappa shape index (κ3) is 3.10. The molecule has 0 spiro atoms. The van der Waals surface area contributed by atoms with Gasteiger partial charge in [-0.05, 0) is 37.4 Å². The molecule has 106 valence electrons. The van der Waals surface area contributed by atoms with Gasteiger partial charge in [-0.25, -0.2) is 0 Å². The van der Waals surface area contributed by atoms with Crippen molar-refractivity contribution in [3.63, 3.8) is 0 Å². The van der Waals surface area contributed by atoms with Gasteiger partial charge in [-0.3, -0.25) is 4.68 Å².